The number of sulfonamides is 1. The van der Waals surface area contributed by atoms with Crippen molar-refractivity contribution >= 4 is 33.2 Å². The second-order valence-corrected chi connectivity index (χ2v) is 9.55. The van der Waals surface area contributed by atoms with Gasteiger partial charge in [-0.3, -0.25) is 4.79 Å². The molecule has 0 bridgehead atoms. The summed E-state index contributed by atoms with van der Waals surface area (Å²) in [6, 6.07) is 20.0. The highest BCUT2D eigenvalue weighted by Crippen LogP contribution is 2.28. The second-order valence-electron chi connectivity index (χ2n) is 7.43. The lowest BCUT2D eigenvalue weighted by atomic mass is 10.1. The lowest BCUT2D eigenvalue weighted by molar-refractivity contribution is -0.117. The van der Waals surface area contributed by atoms with Crippen LogP contribution in [0.2, 0.25) is 5.02 Å². The molecule has 33 heavy (non-hydrogen) atoms. The number of anilines is 1. The Labute approximate surface area is 200 Å². The zero-order valence-electron chi connectivity index (χ0n) is 18.5. The van der Waals surface area contributed by atoms with Crippen LogP contribution in [0.15, 0.2) is 77.7 Å². The zero-order chi connectivity index (χ0) is 23.8. The molecule has 0 aliphatic rings. The summed E-state index contributed by atoms with van der Waals surface area (Å²) in [5.41, 5.74) is 2.55. The fourth-order valence-electron chi connectivity index (χ4n) is 3.31. The molecule has 1 amide bonds. The van der Waals surface area contributed by atoms with Crippen molar-refractivity contribution in [1.82, 2.24) is 4.72 Å². The van der Waals surface area contributed by atoms with Gasteiger partial charge in [-0.1, -0.05) is 61.0 Å². The highest BCUT2D eigenvalue weighted by Gasteiger charge is 2.28. The summed E-state index contributed by atoms with van der Waals surface area (Å²) in [5, 5.41) is 3.06. The summed E-state index contributed by atoms with van der Waals surface area (Å²) in [6.07, 6.45) is 1.05. The standard InChI is InChI=1S/C25H27ClN2O4S/c1-3-18-10-13-21(14-11-18)27-25(29)22(16-19-8-6-5-7-9-19)28-33(30,31)24-17-20(26)12-15-23(24)32-4-2/h5-15,17,22,28H,3-4,16H2,1-2H3,(H,27,29). The largest absolute Gasteiger partial charge is 0.492 e. The minimum absolute atomic E-state index is 0.116. The first-order chi connectivity index (χ1) is 15.8. The Balaban J connectivity index is 1.90. The van der Waals surface area contributed by atoms with E-state index in [4.69, 9.17) is 16.3 Å². The average Bonchev–Trinajstić information content (AvgIpc) is 2.81. The summed E-state index contributed by atoms with van der Waals surface area (Å²) in [4.78, 5) is 13.0. The van der Waals surface area contributed by atoms with Crippen molar-refractivity contribution in [3.05, 3.63) is 88.9 Å². The van der Waals surface area contributed by atoms with Gasteiger partial charge >= 0.3 is 0 Å². The maximum atomic E-state index is 13.3. The van der Waals surface area contributed by atoms with Crippen molar-refractivity contribution in [2.45, 2.75) is 37.6 Å². The first kappa shape index (κ1) is 24.8. The van der Waals surface area contributed by atoms with Gasteiger partial charge in [-0.15, -0.1) is 0 Å². The molecule has 3 rings (SSSR count). The molecule has 2 N–H and O–H groups in total. The number of hydrogen-bond donors (Lipinski definition) is 2. The Bertz CT molecular complexity index is 1180. The minimum Gasteiger partial charge on any atom is -0.492 e. The smallest absolute Gasteiger partial charge is 0.245 e. The van der Waals surface area contributed by atoms with Gasteiger partial charge in [-0.25, -0.2) is 8.42 Å². The van der Waals surface area contributed by atoms with E-state index in [0.717, 1.165) is 17.5 Å². The lowest BCUT2D eigenvalue weighted by Gasteiger charge is -2.20. The molecule has 174 valence electrons. The molecule has 8 heteroatoms. The molecule has 0 fully saturated rings. The van der Waals surface area contributed by atoms with Crippen molar-refractivity contribution < 1.29 is 17.9 Å². The van der Waals surface area contributed by atoms with Crippen LogP contribution in [-0.4, -0.2) is 27.0 Å². The third-order valence-corrected chi connectivity index (χ3v) is 6.75. The molecular weight excluding hydrogens is 460 g/mol. The third-order valence-electron chi connectivity index (χ3n) is 5.02. The van der Waals surface area contributed by atoms with E-state index in [2.05, 4.69) is 10.0 Å². The van der Waals surface area contributed by atoms with E-state index in [0.29, 0.717) is 5.69 Å². The Morgan fingerprint density at radius 1 is 0.970 bits per heavy atom. The summed E-state index contributed by atoms with van der Waals surface area (Å²) in [5.74, 6) is -0.296. The quantitative estimate of drug-likeness (QED) is 0.430. The molecule has 0 saturated carbocycles. The third kappa shape index (κ3) is 6.81. The number of amides is 1. The van der Waals surface area contributed by atoms with Crippen molar-refractivity contribution in [2.24, 2.45) is 0 Å². The average molecular weight is 487 g/mol. The van der Waals surface area contributed by atoms with Crippen LogP contribution in [0, 0.1) is 0 Å². The monoisotopic (exact) mass is 486 g/mol. The van der Waals surface area contributed by atoms with Crippen LogP contribution in [0.5, 0.6) is 5.75 Å². The molecule has 1 unspecified atom stereocenters. The van der Waals surface area contributed by atoms with E-state index in [9.17, 15) is 13.2 Å². The van der Waals surface area contributed by atoms with Crippen LogP contribution in [0.3, 0.4) is 0 Å². The first-order valence-corrected chi connectivity index (χ1v) is 12.6. The highest BCUT2D eigenvalue weighted by molar-refractivity contribution is 7.89. The molecule has 3 aromatic rings. The maximum absolute atomic E-state index is 13.3. The van der Waals surface area contributed by atoms with Crippen LogP contribution in [0.1, 0.15) is 25.0 Å². The van der Waals surface area contributed by atoms with Crippen LogP contribution >= 0.6 is 11.6 Å². The topological polar surface area (TPSA) is 84.5 Å². The molecule has 0 aromatic heterocycles. The van der Waals surface area contributed by atoms with E-state index < -0.39 is 22.0 Å². The van der Waals surface area contributed by atoms with Gasteiger partial charge in [0.1, 0.15) is 16.7 Å². The van der Waals surface area contributed by atoms with E-state index >= 15 is 0 Å². The van der Waals surface area contributed by atoms with Gasteiger partial charge in [0.15, 0.2) is 0 Å². The van der Waals surface area contributed by atoms with Gasteiger partial charge in [0, 0.05) is 10.7 Å². The highest BCUT2D eigenvalue weighted by atomic mass is 35.5. The van der Waals surface area contributed by atoms with Crippen molar-refractivity contribution in [2.75, 3.05) is 11.9 Å². The molecule has 1 atom stereocenters. The van der Waals surface area contributed by atoms with Crippen LogP contribution in [-0.2, 0) is 27.7 Å². The number of carbonyl (C=O) groups is 1. The Hall–Kier alpha value is -2.87. The van der Waals surface area contributed by atoms with Crippen molar-refractivity contribution in [1.29, 1.82) is 0 Å². The van der Waals surface area contributed by atoms with E-state index in [1.54, 1.807) is 25.1 Å². The fraction of sp³-hybridized carbons (Fsp3) is 0.240. The fourth-order valence-corrected chi connectivity index (χ4v) is 4.91. The normalized spacial score (nSPS) is 12.2. The molecule has 0 aliphatic heterocycles. The van der Waals surface area contributed by atoms with Gasteiger partial charge in [0.25, 0.3) is 0 Å². The predicted octanol–water partition coefficient (Wildman–Crippen LogP) is 4.83. The molecule has 0 saturated heterocycles. The number of rotatable bonds is 10. The summed E-state index contributed by atoms with van der Waals surface area (Å²) < 4.78 is 34.6. The number of aryl methyl sites for hydroxylation is 1. The van der Waals surface area contributed by atoms with Gasteiger partial charge in [0.05, 0.1) is 6.61 Å². The van der Waals surface area contributed by atoms with Crippen LogP contribution in [0.4, 0.5) is 5.69 Å². The lowest BCUT2D eigenvalue weighted by Crippen LogP contribution is -2.45. The SMILES string of the molecule is CCOc1ccc(Cl)cc1S(=O)(=O)NC(Cc1ccccc1)C(=O)Nc1ccc(CC)cc1. The number of ether oxygens (including phenoxy) is 1. The summed E-state index contributed by atoms with van der Waals surface area (Å²) in [6.45, 7) is 4.09. The van der Waals surface area contributed by atoms with Gasteiger partial charge in [-0.05, 0) is 61.2 Å². The summed E-state index contributed by atoms with van der Waals surface area (Å²) >= 11 is 6.06. The molecule has 0 radical (unpaired) electrons. The maximum Gasteiger partial charge on any atom is 0.245 e. The van der Waals surface area contributed by atoms with E-state index in [1.807, 2.05) is 49.4 Å². The van der Waals surface area contributed by atoms with Crippen molar-refractivity contribution in [3.63, 3.8) is 0 Å². The number of benzene rings is 3. The number of halogens is 1. The number of nitrogens with one attached hydrogen (secondary N) is 2. The molecule has 0 aliphatic carbocycles. The van der Waals surface area contributed by atoms with Gasteiger partial charge in [-0.2, -0.15) is 4.72 Å². The predicted molar refractivity (Wildman–Crippen MR) is 131 cm³/mol. The first-order valence-electron chi connectivity index (χ1n) is 10.7. The second kappa shape index (κ2) is 11.3. The Kier molecular flexibility index (Phi) is 8.49. The Morgan fingerprint density at radius 2 is 1.67 bits per heavy atom. The van der Waals surface area contributed by atoms with Gasteiger partial charge in [0.2, 0.25) is 15.9 Å². The Morgan fingerprint density at radius 3 is 2.30 bits per heavy atom. The molecule has 3 aromatic carbocycles. The molecule has 0 heterocycles. The number of carbonyl (C=O) groups excluding carboxylic acids is 1. The van der Waals surface area contributed by atoms with E-state index in [1.165, 1.54) is 12.1 Å². The minimum atomic E-state index is -4.12. The zero-order valence-corrected chi connectivity index (χ0v) is 20.1. The number of hydrogen-bond acceptors (Lipinski definition) is 4. The van der Waals surface area contributed by atoms with E-state index in [-0.39, 0.29) is 28.7 Å². The molecule has 6 nitrogen and oxygen atoms in total. The van der Waals surface area contributed by atoms with Crippen molar-refractivity contribution in [3.8, 4) is 5.75 Å². The summed E-state index contributed by atoms with van der Waals surface area (Å²) in [7, 11) is -4.12. The molecule has 0 spiro atoms. The van der Waals surface area contributed by atoms with Crippen LogP contribution < -0.4 is 14.8 Å². The van der Waals surface area contributed by atoms with Gasteiger partial charge < -0.3 is 10.1 Å². The van der Waals surface area contributed by atoms with Crippen LogP contribution in [0.25, 0.3) is 0 Å². The molecular formula is C25H27ClN2O4S.